The molecule has 7 nitrogen and oxygen atoms in total. The number of hydrogen-bond acceptors (Lipinski definition) is 6. The van der Waals surface area contributed by atoms with Gasteiger partial charge in [0.25, 0.3) is 5.91 Å². The Morgan fingerprint density at radius 2 is 1.47 bits per heavy atom. The van der Waals surface area contributed by atoms with Gasteiger partial charge in [0.2, 0.25) is 5.82 Å². The third-order valence-electron chi connectivity index (χ3n) is 5.93. The van der Waals surface area contributed by atoms with Crippen molar-refractivity contribution < 1.29 is 22.7 Å². The maximum absolute atomic E-state index is 14.5. The van der Waals surface area contributed by atoms with E-state index in [1.165, 1.54) is 11.3 Å². The molecule has 4 rings (SSSR count). The molecule has 0 unspecified atom stereocenters. The summed E-state index contributed by atoms with van der Waals surface area (Å²) in [6, 6.07) is 2.55. The summed E-state index contributed by atoms with van der Waals surface area (Å²) in [5.41, 5.74) is -0.542. The number of anilines is 2. The molecule has 32 heavy (non-hydrogen) atoms. The van der Waals surface area contributed by atoms with Crippen LogP contribution in [-0.2, 0) is 0 Å². The summed E-state index contributed by atoms with van der Waals surface area (Å²) in [5.74, 6) is -3.20. The Bertz CT molecular complexity index is 1010. The fourth-order valence-electron chi connectivity index (χ4n) is 4.21. The molecule has 3 heterocycles. The van der Waals surface area contributed by atoms with Crippen molar-refractivity contribution in [2.24, 2.45) is 0 Å². The number of piperazine rings is 1. The van der Waals surface area contributed by atoms with E-state index >= 15 is 0 Å². The van der Waals surface area contributed by atoms with Gasteiger partial charge < -0.3 is 19.4 Å². The average Bonchev–Trinajstić information content (AvgIpc) is 2.81. The van der Waals surface area contributed by atoms with E-state index in [1.807, 2.05) is 17.9 Å². The van der Waals surface area contributed by atoms with Crippen molar-refractivity contribution in [3.63, 3.8) is 0 Å². The maximum atomic E-state index is 14.5. The molecule has 0 N–H and O–H groups in total. The molecule has 10 heteroatoms. The molecule has 0 atom stereocenters. The van der Waals surface area contributed by atoms with E-state index in [2.05, 4.69) is 19.6 Å². The van der Waals surface area contributed by atoms with Gasteiger partial charge in [-0.2, -0.15) is 4.39 Å². The van der Waals surface area contributed by atoms with Crippen LogP contribution in [-0.4, -0.2) is 67.2 Å². The van der Waals surface area contributed by atoms with E-state index in [1.54, 1.807) is 0 Å². The Morgan fingerprint density at radius 3 is 2.06 bits per heavy atom. The van der Waals surface area contributed by atoms with Crippen molar-refractivity contribution >= 4 is 17.5 Å². The first-order valence-corrected chi connectivity index (χ1v) is 10.8. The molecule has 1 aromatic carbocycles. The predicted octanol–water partition coefficient (Wildman–Crippen LogP) is 3.16. The lowest BCUT2D eigenvalue weighted by atomic mass is 10.1. The smallest absolute Gasteiger partial charge is 0.257 e. The number of ether oxygens (including phenoxy) is 1. The molecule has 0 spiro atoms. The number of carbonyl (C=O) groups excluding carboxylic acids is 1. The molecule has 2 saturated heterocycles. The second-order valence-electron chi connectivity index (χ2n) is 8.03. The van der Waals surface area contributed by atoms with Crippen LogP contribution in [0.2, 0.25) is 0 Å². The van der Waals surface area contributed by atoms with Crippen LogP contribution in [0, 0.1) is 24.4 Å². The predicted molar refractivity (Wildman–Crippen MR) is 114 cm³/mol. The third-order valence-corrected chi connectivity index (χ3v) is 5.93. The number of aryl methyl sites for hydroxylation is 1. The zero-order valence-corrected chi connectivity index (χ0v) is 18.2. The summed E-state index contributed by atoms with van der Waals surface area (Å²) >= 11 is 0. The maximum Gasteiger partial charge on any atom is 0.257 e. The summed E-state index contributed by atoms with van der Waals surface area (Å²) in [7, 11) is 1.02. The molecule has 0 radical (unpaired) electrons. The fraction of sp³-hybridized carbons (Fsp3) is 0.500. The van der Waals surface area contributed by atoms with Gasteiger partial charge in [-0.1, -0.05) is 0 Å². The van der Waals surface area contributed by atoms with Crippen LogP contribution in [0.4, 0.5) is 24.8 Å². The van der Waals surface area contributed by atoms with Gasteiger partial charge in [0, 0.05) is 45.3 Å². The van der Waals surface area contributed by atoms with Crippen LogP contribution in [0.5, 0.6) is 5.75 Å². The van der Waals surface area contributed by atoms with Gasteiger partial charge >= 0.3 is 0 Å². The second-order valence-corrected chi connectivity index (χ2v) is 8.03. The van der Waals surface area contributed by atoms with Crippen molar-refractivity contribution in [2.45, 2.75) is 26.2 Å². The highest BCUT2D eigenvalue weighted by molar-refractivity contribution is 5.95. The van der Waals surface area contributed by atoms with Crippen molar-refractivity contribution in [2.75, 3.05) is 56.2 Å². The van der Waals surface area contributed by atoms with Gasteiger partial charge in [0.05, 0.1) is 12.7 Å². The van der Waals surface area contributed by atoms with Crippen molar-refractivity contribution in [3.8, 4) is 5.75 Å². The first-order valence-electron chi connectivity index (χ1n) is 10.8. The molecular formula is C22H26F3N5O2. The minimum Gasteiger partial charge on any atom is -0.491 e. The first kappa shape index (κ1) is 22.2. The zero-order valence-electron chi connectivity index (χ0n) is 18.2. The Labute approximate surface area is 184 Å². The number of amides is 1. The van der Waals surface area contributed by atoms with Gasteiger partial charge in [-0.15, -0.1) is 0 Å². The van der Waals surface area contributed by atoms with Crippen LogP contribution >= 0.6 is 0 Å². The van der Waals surface area contributed by atoms with Crippen LogP contribution in [0.15, 0.2) is 12.1 Å². The molecule has 2 aromatic rings. The second kappa shape index (κ2) is 9.22. The van der Waals surface area contributed by atoms with Gasteiger partial charge in [-0.25, -0.2) is 18.7 Å². The Balaban J connectivity index is 1.47. The van der Waals surface area contributed by atoms with Crippen molar-refractivity contribution in [1.29, 1.82) is 0 Å². The largest absolute Gasteiger partial charge is 0.491 e. The third kappa shape index (κ3) is 4.31. The minimum absolute atomic E-state index is 0.293. The van der Waals surface area contributed by atoms with Gasteiger partial charge in [-0.3, -0.25) is 4.79 Å². The topological polar surface area (TPSA) is 61.8 Å². The Hall–Kier alpha value is -3.04. The lowest BCUT2D eigenvalue weighted by Gasteiger charge is -2.36. The van der Waals surface area contributed by atoms with Gasteiger partial charge in [0.1, 0.15) is 17.5 Å². The molecular weight excluding hydrogens is 423 g/mol. The highest BCUT2D eigenvalue weighted by atomic mass is 19.2. The first-order chi connectivity index (χ1) is 15.4. The lowest BCUT2D eigenvalue weighted by Crippen LogP contribution is -2.49. The molecule has 172 valence electrons. The number of nitrogens with zero attached hydrogens (tertiary/aromatic N) is 5. The van der Waals surface area contributed by atoms with Crippen LogP contribution in [0.1, 0.15) is 35.4 Å². The van der Waals surface area contributed by atoms with E-state index in [0.717, 1.165) is 44.7 Å². The molecule has 0 saturated carbocycles. The summed E-state index contributed by atoms with van der Waals surface area (Å²) < 4.78 is 46.6. The number of benzene rings is 1. The minimum atomic E-state index is -1.45. The number of aromatic nitrogens is 2. The number of hydrogen-bond donors (Lipinski definition) is 0. The molecule has 2 aliphatic rings. The Morgan fingerprint density at radius 1 is 0.875 bits per heavy atom. The van der Waals surface area contributed by atoms with Crippen LogP contribution in [0.25, 0.3) is 0 Å². The number of piperidine rings is 1. The summed E-state index contributed by atoms with van der Waals surface area (Å²) in [6.07, 6.45) is 3.52. The SMILES string of the molecule is COc1c(F)c(F)cc(C(=O)N2CCN(c3cc(N4CCCCC4)nc(C)n3)CC2)c1F. The molecule has 1 amide bonds. The van der Waals surface area contributed by atoms with E-state index < -0.39 is 34.7 Å². The normalized spacial score (nSPS) is 17.0. The van der Waals surface area contributed by atoms with Crippen LogP contribution in [0.3, 0.4) is 0 Å². The number of carbonyl (C=O) groups is 1. The highest BCUT2D eigenvalue weighted by Gasteiger charge is 2.29. The Kier molecular flexibility index (Phi) is 6.38. The van der Waals surface area contributed by atoms with E-state index in [-0.39, 0.29) is 0 Å². The lowest BCUT2D eigenvalue weighted by molar-refractivity contribution is 0.0740. The standard InChI is InChI=1S/C22H26F3N5O2/c1-14-26-17(28-6-4-3-5-7-28)13-18(27-14)29-8-10-30(11-9-29)22(31)15-12-16(23)20(25)21(32-2)19(15)24/h12-13H,3-11H2,1-2H3. The summed E-state index contributed by atoms with van der Waals surface area (Å²) in [4.78, 5) is 27.7. The zero-order chi connectivity index (χ0) is 22.8. The molecule has 2 aliphatic heterocycles. The quantitative estimate of drug-likeness (QED) is 0.669. The van der Waals surface area contributed by atoms with E-state index in [9.17, 15) is 18.0 Å². The molecule has 0 aliphatic carbocycles. The monoisotopic (exact) mass is 449 g/mol. The van der Waals surface area contributed by atoms with Crippen molar-refractivity contribution in [3.05, 3.63) is 41.0 Å². The number of methoxy groups -OCH3 is 1. The molecule has 1 aromatic heterocycles. The van der Waals surface area contributed by atoms with Crippen LogP contribution < -0.4 is 14.5 Å². The number of halogens is 3. The van der Waals surface area contributed by atoms with Crippen molar-refractivity contribution in [1.82, 2.24) is 14.9 Å². The molecule has 0 bridgehead atoms. The number of rotatable bonds is 4. The van der Waals surface area contributed by atoms with Gasteiger partial charge in [-0.05, 0) is 32.3 Å². The highest BCUT2D eigenvalue weighted by Crippen LogP contribution is 2.28. The van der Waals surface area contributed by atoms with E-state index in [4.69, 9.17) is 0 Å². The van der Waals surface area contributed by atoms with E-state index in [0.29, 0.717) is 38.1 Å². The summed E-state index contributed by atoms with van der Waals surface area (Å²) in [5, 5.41) is 0. The average molecular weight is 449 g/mol. The molecule has 2 fully saturated rings. The fourth-order valence-corrected chi connectivity index (χ4v) is 4.21. The van der Waals surface area contributed by atoms with Gasteiger partial charge in [0.15, 0.2) is 17.4 Å². The summed E-state index contributed by atoms with van der Waals surface area (Å²) in [6.45, 7) is 5.34.